The fourth-order valence-electron chi connectivity index (χ4n) is 1.98. The highest BCUT2D eigenvalue weighted by molar-refractivity contribution is 5.73. The number of fused-ring (bicyclic) bond motifs is 1. The number of oxazole rings is 1. The van der Waals surface area contributed by atoms with Crippen LogP contribution >= 0.6 is 0 Å². The zero-order chi connectivity index (χ0) is 13.9. The van der Waals surface area contributed by atoms with Crippen LogP contribution in [0.4, 0.5) is 5.82 Å². The SMILES string of the molecule is Cc1nc2ccc(CNc3ccnc(CN)n3)cc2o1. The maximum Gasteiger partial charge on any atom is 0.192 e. The van der Waals surface area contributed by atoms with Crippen molar-refractivity contribution in [1.29, 1.82) is 0 Å². The van der Waals surface area contributed by atoms with Crippen LogP contribution in [0.2, 0.25) is 0 Å². The molecule has 0 amide bonds. The van der Waals surface area contributed by atoms with E-state index in [-0.39, 0.29) is 0 Å². The van der Waals surface area contributed by atoms with Gasteiger partial charge in [-0.1, -0.05) is 6.07 Å². The maximum atomic E-state index is 5.52. The molecule has 0 bridgehead atoms. The number of hydrogen-bond donors (Lipinski definition) is 2. The third-order valence-corrected chi connectivity index (χ3v) is 2.92. The van der Waals surface area contributed by atoms with Crippen LogP contribution in [0.3, 0.4) is 0 Å². The van der Waals surface area contributed by atoms with E-state index < -0.39 is 0 Å². The van der Waals surface area contributed by atoms with Crippen LogP contribution in [-0.4, -0.2) is 15.0 Å². The first-order valence-electron chi connectivity index (χ1n) is 6.36. The Bertz CT molecular complexity index is 737. The van der Waals surface area contributed by atoms with E-state index in [0.717, 1.165) is 22.5 Å². The molecule has 3 rings (SSSR count). The molecule has 0 aliphatic rings. The lowest BCUT2D eigenvalue weighted by atomic mass is 10.2. The Hall–Kier alpha value is -2.47. The first-order chi connectivity index (χ1) is 9.74. The van der Waals surface area contributed by atoms with Gasteiger partial charge in [-0.05, 0) is 23.8 Å². The van der Waals surface area contributed by atoms with Crippen LogP contribution in [-0.2, 0) is 13.1 Å². The van der Waals surface area contributed by atoms with E-state index in [0.29, 0.717) is 24.8 Å². The van der Waals surface area contributed by atoms with Gasteiger partial charge in [-0.3, -0.25) is 0 Å². The summed E-state index contributed by atoms with van der Waals surface area (Å²) in [7, 11) is 0. The number of aryl methyl sites for hydroxylation is 1. The van der Waals surface area contributed by atoms with Gasteiger partial charge in [-0.2, -0.15) is 0 Å². The Labute approximate surface area is 116 Å². The van der Waals surface area contributed by atoms with Crippen molar-refractivity contribution in [3.63, 3.8) is 0 Å². The van der Waals surface area contributed by atoms with E-state index in [1.165, 1.54) is 0 Å². The molecule has 0 saturated carbocycles. The van der Waals surface area contributed by atoms with Crippen LogP contribution in [0, 0.1) is 6.92 Å². The lowest BCUT2D eigenvalue weighted by Crippen LogP contribution is -2.07. The van der Waals surface area contributed by atoms with E-state index in [9.17, 15) is 0 Å². The Morgan fingerprint density at radius 2 is 2.15 bits per heavy atom. The third kappa shape index (κ3) is 2.60. The summed E-state index contributed by atoms with van der Waals surface area (Å²) >= 11 is 0. The zero-order valence-corrected chi connectivity index (χ0v) is 11.1. The number of rotatable bonds is 4. The highest BCUT2D eigenvalue weighted by atomic mass is 16.3. The average molecular weight is 269 g/mol. The molecule has 0 spiro atoms. The van der Waals surface area contributed by atoms with Crippen LogP contribution in [0.5, 0.6) is 0 Å². The fraction of sp³-hybridized carbons (Fsp3) is 0.214. The third-order valence-electron chi connectivity index (χ3n) is 2.92. The van der Waals surface area contributed by atoms with Gasteiger partial charge < -0.3 is 15.5 Å². The molecule has 0 radical (unpaired) electrons. The highest BCUT2D eigenvalue weighted by Crippen LogP contribution is 2.17. The monoisotopic (exact) mass is 269 g/mol. The van der Waals surface area contributed by atoms with Gasteiger partial charge >= 0.3 is 0 Å². The first-order valence-corrected chi connectivity index (χ1v) is 6.36. The van der Waals surface area contributed by atoms with Gasteiger partial charge in [-0.25, -0.2) is 15.0 Å². The number of nitrogens with two attached hydrogens (primary N) is 1. The molecule has 0 atom stereocenters. The van der Waals surface area contributed by atoms with Gasteiger partial charge in [0.25, 0.3) is 0 Å². The standard InChI is InChI=1S/C14H15N5O/c1-9-18-11-3-2-10(6-12(11)20-9)8-17-13-4-5-16-14(7-15)19-13/h2-6H,7-8,15H2,1H3,(H,16,17,19). The summed E-state index contributed by atoms with van der Waals surface area (Å²) in [4.78, 5) is 12.6. The van der Waals surface area contributed by atoms with Crippen LogP contribution in [0.25, 0.3) is 11.1 Å². The predicted molar refractivity (Wildman–Crippen MR) is 76.0 cm³/mol. The summed E-state index contributed by atoms with van der Waals surface area (Å²) in [6.45, 7) is 2.82. The largest absolute Gasteiger partial charge is 0.441 e. The van der Waals surface area contributed by atoms with Gasteiger partial charge in [0.15, 0.2) is 11.5 Å². The minimum Gasteiger partial charge on any atom is -0.441 e. The van der Waals surface area contributed by atoms with E-state index in [1.54, 1.807) is 6.20 Å². The predicted octanol–water partition coefficient (Wildman–Crippen LogP) is 2.00. The quantitative estimate of drug-likeness (QED) is 0.753. The summed E-state index contributed by atoms with van der Waals surface area (Å²) in [6.07, 6.45) is 1.69. The molecule has 3 aromatic rings. The minimum absolute atomic E-state index is 0.332. The van der Waals surface area contributed by atoms with Gasteiger partial charge in [0, 0.05) is 19.7 Å². The Morgan fingerprint density at radius 1 is 1.25 bits per heavy atom. The van der Waals surface area contributed by atoms with Crippen molar-refractivity contribution in [3.05, 3.63) is 47.7 Å². The molecule has 2 heterocycles. The number of nitrogens with zero attached hydrogens (tertiary/aromatic N) is 3. The smallest absolute Gasteiger partial charge is 0.192 e. The van der Waals surface area contributed by atoms with Gasteiger partial charge in [-0.15, -0.1) is 0 Å². The lowest BCUT2D eigenvalue weighted by molar-refractivity contribution is 0.561. The molecule has 102 valence electrons. The second kappa shape index (κ2) is 5.26. The molecule has 20 heavy (non-hydrogen) atoms. The van der Waals surface area contributed by atoms with E-state index in [4.69, 9.17) is 10.2 Å². The Balaban J connectivity index is 1.75. The van der Waals surface area contributed by atoms with Crippen molar-refractivity contribution in [1.82, 2.24) is 15.0 Å². The minimum atomic E-state index is 0.332. The summed E-state index contributed by atoms with van der Waals surface area (Å²) in [5.41, 5.74) is 8.29. The van der Waals surface area contributed by atoms with Crippen molar-refractivity contribution < 1.29 is 4.42 Å². The molecular weight excluding hydrogens is 254 g/mol. The number of nitrogens with one attached hydrogen (secondary N) is 1. The normalized spacial score (nSPS) is 10.9. The maximum absolute atomic E-state index is 5.52. The second-order valence-electron chi connectivity index (χ2n) is 4.45. The van der Waals surface area contributed by atoms with E-state index in [2.05, 4.69) is 20.3 Å². The molecule has 2 aromatic heterocycles. The molecule has 1 aromatic carbocycles. The molecule has 0 unspecified atom stereocenters. The first kappa shape index (κ1) is 12.6. The molecule has 0 aliphatic carbocycles. The van der Waals surface area contributed by atoms with Crippen molar-refractivity contribution in [2.24, 2.45) is 5.73 Å². The van der Waals surface area contributed by atoms with Crippen molar-refractivity contribution in [3.8, 4) is 0 Å². The van der Waals surface area contributed by atoms with Crippen molar-refractivity contribution in [2.45, 2.75) is 20.0 Å². The van der Waals surface area contributed by atoms with Gasteiger partial charge in [0.05, 0.1) is 6.54 Å². The Kier molecular flexibility index (Phi) is 3.30. The molecule has 0 saturated heterocycles. The summed E-state index contributed by atoms with van der Waals surface area (Å²) in [5.74, 6) is 2.05. The molecule has 6 heteroatoms. The van der Waals surface area contributed by atoms with Crippen LogP contribution in [0.15, 0.2) is 34.9 Å². The molecular formula is C14H15N5O. The van der Waals surface area contributed by atoms with Gasteiger partial charge in [0.1, 0.15) is 17.2 Å². The average Bonchev–Trinajstić information content (AvgIpc) is 2.84. The molecule has 3 N–H and O–H groups in total. The number of anilines is 1. The number of benzene rings is 1. The summed E-state index contributed by atoms with van der Waals surface area (Å²) < 4.78 is 5.52. The van der Waals surface area contributed by atoms with Crippen molar-refractivity contribution >= 4 is 16.9 Å². The fourth-order valence-corrected chi connectivity index (χ4v) is 1.98. The number of hydrogen-bond acceptors (Lipinski definition) is 6. The lowest BCUT2D eigenvalue weighted by Gasteiger charge is -2.06. The van der Waals surface area contributed by atoms with Crippen LogP contribution < -0.4 is 11.1 Å². The van der Waals surface area contributed by atoms with E-state index in [1.807, 2.05) is 31.2 Å². The highest BCUT2D eigenvalue weighted by Gasteiger charge is 2.03. The number of aromatic nitrogens is 3. The molecule has 6 nitrogen and oxygen atoms in total. The topological polar surface area (TPSA) is 89.9 Å². The van der Waals surface area contributed by atoms with E-state index >= 15 is 0 Å². The second-order valence-corrected chi connectivity index (χ2v) is 4.45. The summed E-state index contributed by atoms with van der Waals surface area (Å²) in [6, 6.07) is 7.76. The molecule has 0 aliphatic heterocycles. The summed E-state index contributed by atoms with van der Waals surface area (Å²) in [5, 5.41) is 3.24. The van der Waals surface area contributed by atoms with Crippen molar-refractivity contribution in [2.75, 3.05) is 5.32 Å². The molecule has 0 fully saturated rings. The Morgan fingerprint density at radius 3 is 3.00 bits per heavy atom. The van der Waals surface area contributed by atoms with Gasteiger partial charge in [0.2, 0.25) is 0 Å². The van der Waals surface area contributed by atoms with Crippen LogP contribution in [0.1, 0.15) is 17.3 Å². The zero-order valence-electron chi connectivity index (χ0n) is 11.1.